The molecule has 1 aromatic heterocycles. The summed E-state index contributed by atoms with van der Waals surface area (Å²) in [6, 6.07) is 6.98. The number of hydrogen-bond donors (Lipinski definition) is 2. The van der Waals surface area contributed by atoms with E-state index in [1.54, 1.807) is 37.4 Å². The first-order valence-electron chi connectivity index (χ1n) is 5.16. The maximum absolute atomic E-state index is 11.6. The molecule has 0 spiro atoms. The monoisotopic (exact) mass is 232 g/mol. The van der Waals surface area contributed by atoms with Crippen molar-refractivity contribution in [1.82, 2.24) is 9.55 Å². The second kappa shape index (κ2) is 4.29. The Labute approximate surface area is 97.3 Å². The molecule has 88 valence electrons. The number of aryl methyl sites for hydroxylation is 1. The van der Waals surface area contributed by atoms with Gasteiger partial charge in [0.25, 0.3) is 0 Å². The highest BCUT2D eigenvalue weighted by molar-refractivity contribution is 5.72. The Morgan fingerprint density at radius 3 is 2.71 bits per heavy atom. The van der Waals surface area contributed by atoms with Gasteiger partial charge in [-0.05, 0) is 18.6 Å². The molecule has 0 aliphatic heterocycles. The van der Waals surface area contributed by atoms with Gasteiger partial charge in [-0.25, -0.2) is 4.79 Å². The van der Waals surface area contributed by atoms with E-state index in [0.717, 1.165) is 5.69 Å². The number of benzene rings is 1. The maximum Gasteiger partial charge on any atom is 0.330 e. The predicted molar refractivity (Wildman–Crippen MR) is 62.5 cm³/mol. The van der Waals surface area contributed by atoms with Gasteiger partial charge >= 0.3 is 11.7 Å². The van der Waals surface area contributed by atoms with Gasteiger partial charge in [0.15, 0.2) is 0 Å². The SMILES string of the molecule is Cc1c[nH]c(=O)n1-c1ccccc1CC(=O)O. The van der Waals surface area contributed by atoms with Crippen molar-refractivity contribution in [3.05, 3.63) is 52.2 Å². The summed E-state index contributed by atoms with van der Waals surface area (Å²) < 4.78 is 1.47. The number of hydrogen-bond acceptors (Lipinski definition) is 2. The van der Waals surface area contributed by atoms with E-state index in [2.05, 4.69) is 4.98 Å². The van der Waals surface area contributed by atoms with Crippen molar-refractivity contribution >= 4 is 5.97 Å². The molecule has 0 aliphatic rings. The highest BCUT2D eigenvalue weighted by Crippen LogP contribution is 2.15. The lowest BCUT2D eigenvalue weighted by molar-refractivity contribution is -0.136. The third-order valence-corrected chi connectivity index (χ3v) is 2.53. The number of para-hydroxylation sites is 1. The van der Waals surface area contributed by atoms with Gasteiger partial charge in [-0.3, -0.25) is 9.36 Å². The number of aliphatic carboxylic acids is 1. The van der Waals surface area contributed by atoms with Crippen LogP contribution in [0.4, 0.5) is 0 Å². The van der Waals surface area contributed by atoms with E-state index in [1.807, 2.05) is 0 Å². The summed E-state index contributed by atoms with van der Waals surface area (Å²) in [5.41, 5.74) is 1.71. The van der Waals surface area contributed by atoms with E-state index in [9.17, 15) is 9.59 Å². The zero-order chi connectivity index (χ0) is 12.4. The number of rotatable bonds is 3. The average Bonchev–Trinajstić information content (AvgIpc) is 2.59. The van der Waals surface area contributed by atoms with Gasteiger partial charge in [0, 0.05) is 11.9 Å². The number of aromatic amines is 1. The number of carboxylic acid groups (broad SMARTS) is 1. The second-order valence-electron chi connectivity index (χ2n) is 3.77. The van der Waals surface area contributed by atoms with E-state index >= 15 is 0 Å². The molecule has 0 saturated heterocycles. The summed E-state index contributed by atoms with van der Waals surface area (Å²) >= 11 is 0. The largest absolute Gasteiger partial charge is 0.481 e. The molecule has 5 heteroatoms. The summed E-state index contributed by atoms with van der Waals surface area (Å²) in [4.78, 5) is 25.0. The summed E-state index contributed by atoms with van der Waals surface area (Å²) in [6.07, 6.45) is 1.49. The zero-order valence-corrected chi connectivity index (χ0v) is 9.30. The standard InChI is InChI=1S/C12H12N2O3/c1-8-7-13-12(17)14(8)10-5-3-2-4-9(10)6-11(15)16/h2-5,7H,6H2,1H3,(H,13,17)(H,15,16). The second-order valence-corrected chi connectivity index (χ2v) is 3.77. The van der Waals surface area contributed by atoms with Gasteiger partial charge in [0.05, 0.1) is 12.1 Å². The summed E-state index contributed by atoms with van der Waals surface area (Å²) in [5.74, 6) is -0.918. The Morgan fingerprint density at radius 1 is 1.41 bits per heavy atom. The molecule has 0 atom stereocenters. The van der Waals surface area contributed by atoms with Crippen LogP contribution in [0.25, 0.3) is 5.69 Å². The number of nitrogens with one attached hydrogen (secondary N) is 1. The average molecular weight is 232 g/mol. The van der Waals surface area contributed by atoms with Crippen molar-refractivity contribution in [2.45, 2.75) is 13.3 Å². The van der Waals surface area contributed by atoms with Crippen LogP contribution in [-0.4, -0.2) is 20.6 Å². The van der Waals surface area contributed by atoms with Crippen LogP contribution >= 0.6 is 0 Å². The Bertz CT molecular complexity index is 610. The molecular weight excluding hydrogens is 220 g/mol. The fourth-order valence-electron chi connectivity index (χ4n) is 1.80. The van der Waals surface area contributed by atoms with Crippen molar-refractivity contribution in [3.63, 3.8) is 0 Å². The highest BCUT2D eigenvalue weighted by atomic mass is 16.4. The first-order valence-corrected chi connectivity index (χ1v) is 5.16. The molecule has 2 aromatic rings. The molecule has 17 heavy (non-hydrogen) atoms. The molecule has 0 saturated carbocycles. The highest BCUT2D eigenvalue weighted by Gasteiger charge is 2.11. The third-order valence-electron chi connectivity index (χ3n) is 2.53. The minimum Gasteiger partial charge on any atom is -0.481 e. The van der Waals surface area contributed by atoms with E-state index in [-0.39, 0.29) is 12.1 Å². The Balaban J connectivity index is 2.60. The first kappa shape index (κ1) is 11.2. The lowest BCUT2D eigenvalue weighted by Crippen LogP contribution is -2.18. The van der Waals surface area contributed by atoms with Crippen molar-refractivity contribution in [2.24, 2.45) is 0 Å². The molecule has 2 N–H and O–H groups in total. The van der Waals surface area contributed by atoms with Crippen LogP contribution in [0.1, 0.15) is 11.3 Å². The van der Waals surface area contributed by atoms with Crippen LogP contribution in [0.2, 0.25) is 0 Å². The fourth-order valence-corrected chi connectivity index (χ4v) is 1.80. The van der Waals surface area contributed by atoms with Crippen LogP contribution in [0.15, 0.2) is 35.3 Å². The normalized spacial score (nSPS) is 10.4. The Morgan fingerprint density at radius 2 is 2.12 bits per heavy atom. The Kier molecular flexibility index (Phi) is 2.82. The zero-order valence-electron chi connectivity index (χ0n) is 9.30. The molecular formula is C12H12N2O3. The van der Waals surface area contributed by atoms with Gasteiger partial charge in [-0.1, -0.05) is 18.2 Å². The molecule has 0 fully saturated rings. The van der Waals surface area contributed by atoms with Gasteiger partial charge < -0.3 is 10.1 Å². The summed E-state index contributed by atoms with van der Waals surface area (Å²) in [6.45, 7) is 1.79. The molecule has 1 heterocycles. The Hall–Kier alpha value is -2.30. The molecule has 0 radical (unpaired) electrons. The van der Waals surface area contributed by atoms with E-state index < -0.39 is 5.97 Å². The molecule has 0 unspecified atom stereocenters. The minimum atomic E-state index is -0.918. The maximum atomic E-state index is 11.6. The van der Waals surface area contributed by atoms with Crippen molar-refractivity contribution < 1.29 is 9.90 Å². The smallest absolute Gasteiger partial charge is 0.330 e. The van der Waals surface area contributed by atoms with Crippen LogP contribution in [-0.2, 0) is 11.2 Å². The predicted octanol–water partition coefficient (Wildman–Crippen LogP) is 1.10. The first-order chi connectivity index (χ1) is 8.09. The van der Waals surface area contributed by atoms with Gasteiger partial charge in [-0.15, -0.1) is 0 Å². The number of imidazole rings is 1. The molecule has 0 aliphatic carbocycles. The fraction of sp³-hybridized carbons (Fsp3) is 0.167. The lowest BCUT2D eigenvalue weighted by Gasteiger charge is -2.09. The number of aromatic nitrogens is 2. The molecule has 0 bridgehead atoms. The number of nitrogens with zero attached hydrogens (tertiary/aromatic N) is 1. The van der Waals surface area contributed by atoms with E-state index in [4.69, 9.17) is 5.11 Å². The van der Waals surface area contributed by atoms with Crippen molar-refractivity contribution in [2.75, 3.05) is 0 Å². The topological polar surface area (TPSA) is 75.1 Å². The van der Waals surface area contributed by atoms with Crippen LogP contribution < -0.4 is 5.69 Å². The third kappa shape index (κ3) is 2.13. The molecule has 1 aromatic carbocycles. The molecule has 2 rings (SSSR count). The lowest BCUT2D eigenvalue weighted by atomic mass is 10.1. The van der Waals surface area contributed by atoms with E-state index in [0.29, 0.717) is 11.3 Å². The van der Waals surface area contributed by atoms with Crippen LogP contribution in [0.5, 0.6) is 0 Å². The summed E-state index contributed by atoms with van der Waals surface area (Å²) in [5, 5.41) is 8.83. The van der Waals surface area contributed by atoms with Crippen LogP contribution in [0, 0.1) is 6.92 Å². The van der Waals surface area contributed by atoms with Crippen LogP contribution in [0.3, 0.4) is 0 Å². The van der Waals surface area contributed by atoms with E-state index in [1.165, 1.54) is 4.57 Å². The molecule has 5 nitrogen and oxygen atoms in total. The van der Waals surface area contributed by atoms with Crippen molar-refractivity contribution in [3.8, 4) is 5.69 Å². The number of carbonyl (C=O) groups is 1. The quantitative estimate of drug-likeness (QED) is 0.832. The number of H-pyrrole nitrogens is 1. The molecule has 0 amide bonds. The van der Waals surface area contributed by atoms with Crippen molar-refractivity contribution in [1.29, 1.82) is 0 Å². The minimum absolute atomic E-state index is 0.104. The summed E-state index contributed by atoms with van der Waals surface area (Å²) in [7, 11) is 0. The number of carboxylic acids is 1. The van der Waals surface area contributed by atoms with Gasteiger partial charge in [-0.2, -0.15) is 0 Å². The van der Waals surface area contributed by atoms with Gasteiger partial charge in [0.2, 0.25) is 0 Å². The van der Waals surface area contributed by atoms with Gasteiger partial charge in [0.1, 0.15) is 0 Å².